The highest BCUT2D eigenvalue weighted by molar-refractivity contribution is 5.87. The van der Waals surface area contributed by atoms with E-state index in [1.165, 1.54) is 18.2 Å². The van der Waals surface area contributed by atoms with Gasteiger partial charge in [-0.2, -0.15) is 4.98 Å². The van der Waals surface area contributed by atoms with E-state index in [1.807, 2.05) is 60.7 Å². The van der Waals surface area contributed by atoms with Crippen molar-refractivity contribution in [3.63, 3.8) is 0 Å². The van der Waals surface area contributed by atoms with Crippen LogP contribution in [0.5, 0.6) is 6.01 Å². The molecule has 2 aliphatic heterocycles. The van der Waals surface area contributed by atoms with Crippen molar-refractivity contribution in [3.05, 3.63) is 102 Å². The summed E-state index contributed by atoms with van der Waals surface area (Å²) < 4.78 is 24.7. The molecule has 9 heteroatoms. The van der Waals surface area contributed by atoms with Crippen molar-refractivity contribution in [1.82, 2.24) is 9.55 Å². The molecule has 4 atom stereocenters. The number of fused-ring (bicyclic) bond motifs is 3. The fraction of sp³-hybridized carbons (Fsp3) is 0.185. The SMILES string of the molecule is N=c1ccn2c(n1)OC1C(OC(=O)C=Cc3ccccc3)C(COC(=O)C=Cc3ccccc3)OC12. The third-order valence-corrected chi connectivity index (χ3v) is 5.70. The van der Waals surface area contributed by atoms with Gasteiger partial charge in [-0.1, -0.05) is 60.7 Å². The average molecular weight is 485 g/mol. The molecular formula is C27H23N3O6. The van der Waals surface area contributed by atoms with Gasteiger partial charge in [-0.15, -0.1) is 0 Å². The quantitative estimate of drug-likeness (QED) is 0.404. The lowest BCUT2D eigenvalue weighted by molar-refractivity contribution is -0.154. The van der Waals surface area contributed by atoms with Crippen LogP contribution in [-0.2, 0) is 23.8 Å². The van der Waals surface area contributed by atoms with E-state index in [9.17, 15) is 9.59 Å². The van der Waals surface area contributed by atoms with Crippen LogP contribution in [0.3, 0.4) is 0 Å². The molecule has 9 nitrogen and oxygen atoms in total. The number of ether oxygens (including phenoxy) is 4. The highest BCUT2D eigenvalue weighted by Gasteiger charge is 2.54. The summed E-state index contributed by atoms with van der Waals surface area (Å²) in [4.78, 5) is 29.0. The van der Waals surface area contributed by atoms with Crippen molar-refractivity contribution in [2.45, 2.75) is 24.5 Å². The Morgan fingerprint density at radius 2 is 1.58 bits per heavy atom. The van der Waals surface area contributed by atoms with Crippen LogP contribution in [0, 0.1) is 5.41 Å². The molecular weight excluding hydrogens is 462 g/mol. The Kier molecular flexibility index (Phi) is 6.72. The Bertz CT molecular complexity index is 1350. The van der Waals surface area contributed by atoms with Crippen LogP contribution in [0.4, 0.5) is 0 Å². The van der Waals surface area contributed by atoms with Crippen LogP contribution in [0.2, 0.25) is 0 Å². The number of aromatic nitrogens is 2. The molecule has 1 aromatic heterocycles. The minimum atomic E-state index is -0.871. The van der Waals surface area contributed by atoms with Crippen molar-refractivity contribution in [2.24, 2.45) is 0 Å². The standard InChI is InChI=1S/C27H23N3O6/c28-21-15-16-30-26-25(36-27(30)29-21)24(35-23(32)14-12-19-9-5-2-6-10-19)20(34-26)17-33-22(31)13-11-18-7-3-1-4-8-18/h1-16,20,24-26,28H,17H2. The van der Waals surface area contributed by atoms with Crippen LogP contribution in [0.1, 0.15) is 17.4 Å². The third-order valence-electron chi connectivity index (χ3n) is 5.70. The van der Waals surface area contributed by atoms with Crippen LogP contribution in [-0.4, -0.2) is 46.4 Å². The lowest BCUT2D eigenvalue weighted by Crippen LogP contribution is -2.39. The van der Waals surface area contributed by atoms with Gasteiger partial charge < -0.3 is 18.9 Å². The molecule has 4 unspecified atom stereocenters. The van der Waals surface area contributed by atoms with Gasteiger partial charge in [-0.3, -0.25) is 9.98 Å². The van der Waals surface area contributed by atoms with E-state index in [2.05, 4.69) is 4.98 Å². The Morgan fingerprint density at radius 3 is 2.25 bits per heavy atom. The van der Waals surface area contributed by atoms with Crippen LogP contribution in [0.15, 0.2) is 85.1 Å². The molecule has 1 N–H and O–H groups in total. The minimum Gasteiger partial charge on any atom is -0.460 e. The molecule has 2 aromatic carbocycles. The topological polar surface area (TPSA) is 113 Å². The molecule has 0 radical (unpaired) electrons. The van der Waals surface area contributed by atoms with E-state index in [4.69, 9.17) is 24.4 Å². The molecule has 0 saturated carbocycles. The van der Waals surface area contributed by atoms with Crippen molar-refractivity contribution in [1.29, 1.82) is 5.41 Å². The van der Waals surface area contributed by atoms with E-state index in [-0.39, 0.29) is 18.1 Å². The lowest BCUT2D eigenvalue weighted by Gasteiger charge is -2.21. The van der Waals surface area contributed by atoms with E-state index in [0.717, 1.165) is 11.1 Å². The Morgan fingerprint density at radius 1 is 0.944 bits per heavy atom. The van der Waals surface area contributed by atoms with Gasteiger partial charge in [-0.05, 0) is 29.3 Å². The summed E-state index contributed by atoms with van der Waals surface area (Å²) in [6.07, 6.45) is 4.58. The molecule has 0 bridgehead atoms. The molecule has 5 rings (SSSR count). The molecule has 2 aliphatic rings. The number of carbonyl (C=O) groups excluding carboxylic acids is 2. The number of hydrogen-bond acceptors (Lipinski definition) is 8. The summed E-state index contributed by atoms with van der Waals surface area (Å²) >= 11 is 0. The second-order valence-electron chi connectivity index (χ2n) is 8.17. The second-order valence-corrected chi connectivity index (χ2v) is 8.17. The monoisotopic (exact) mass is 485 g/mol. The summed E-state index contributed by atoms with van der Waals surface area (Å²) in [5, 5.41) is 7.72. The largest absolute Gasteiger partial charge is 0.460 e. The number of rotatable bonds is 7. The minimum absolute atomic E-state index is 0.0382. The maximum Gasteiger partial charge on any atom is 0.331 e. The van der Waals surface area contributed by atoms with Crippen LogP contribution >= 0.6 is 0 Å². The summed E-state index contributed by atoms with van der Waals surface area (Å²) in [6.45, 7) is -0.144. The zero-order valence-electron chi connectivity index (χ0n) is 19.1. The molecule has 0 amide bonds. The smallest absolute Gasteiger partial charge is 0.331 e. The van der Waals surface area contributed by atoms with Gasteiger partial charge in [0.1, 0.15) is 12.7 Å². The summed E-state index contributed by atoms with van der Waals surface area (Å²) in [6, 6.07) is 20.4. The van der Waals surface area contributed by atoms with Gasteiger partial charge >= 0.3 is 17.9 Å². The van der Waals surface area contributed by atoms with E-state index < -0.39 is 36.5 Å². The number of benzene rings is 2. The fourth-order valence-electron chi connectivity index (χ4n) is 3.99. The Labute approximate surface area is 206 Å². The van der Waals surface area contributed by atoms with Crippen molar-refractivity contribution < 1.29 is 28.5 Å². The Balaban J connectivity index is 1.29. The molecule has 1 saturated heterocycles. The highest BCUT2D eigenvalue weighted by Crippen LogP contribution is 2.40. The van der Waals surface area contributed by atoms with Crippen molar-refractivity contribution in [2.75, 3.05) is 6.61 Å². The summed E-state index contributed by atoms with van der Waals surface area (Å²) in [5.74, 6) is -1.14. The number of nitrogens with zero attached hydrogens (tertiary/aromatic N) is 2. The maximum atomic E-state index is 12.6. The lowest BCUT2D eigenvalue weighted by atomic mass is 10.1. The van der Waals surface area contributed by atoms with Gasteiger partial charge in [-0.25, -0.2) is 9.59 Å². The predicted octanol–water partition coefficient (Wildman–Crippen LogP) is 2.90. The van der Waals surface area contributed by atoms with E-state index >= 15 is 0 Å². The summed E-state index contributed by atoms with van der Waals surface area (Å²) in [7, 11) is 0. The number of hydrogen-bond donors (Lipinski definition) is 1. The zero-order valence-corrected chi connectivity index (χ0v) is 19.1. The first-order valence-electron chi connectivity index (χ1n) is 11.4. The van der Waals surface area contributed by atoms with Gasteiger partial charge in [0.25, 0.3) is 0 Å². The second kappa shape index (κ2) is 10.4. The fourth-order valence-corrected chi connectivity index (χ4v) is 3.99. The first kappa shape index (κ1) is 23.3. The molecule has 0 aliphatic carbocycles. The van der Waals surface area contributed by atoms with Crippen molar-refractivity contribution >= 4 is 24.1 Å². The van der Waals surface area contributed by atoms with Crippen molar-refractivity contribution in [3.8, 4) is 6.01 Å². The van der Waals surface area contributed by atoms with E-state index in [0.29, 0.717) is 0 Å². The average Bonchev–Trinajstić information content (AvgIpc) is 3.41. The van der Waals surface area contributed by atoms with Crippen LogP contribution in [0.25, 0.3) is 12.2 Å². The van der Waals surface area contributed by atoms with Gasteiger partial charge in [0.2, 0.25) is 0 Å². The molecule has 3 heterocycles. The first-order valence-corrected chi connectivity index (χ1v) is 11.4. The van der Waals surface area contributed by atoms with Gasteiger partial charge in [0, 0.05) is 18.3 Å². The molecule has 36 heavy (non-hydrogen) atoms. The van der Waals surface area contributed by atoms with Gasteiger partial charge in [0.15, 0.2) is 23.9 Å². The van der Waals surface area contributed by atoms with Gasteiger partial charge in [0.05, 0.1) is 0 Å². The normalized spacial score (nSPS) is 22.2. The van der Waals surface area contributed by atoms with Crippen LogP contribution < -0.4 is 10.2 Å². The number of carbonyl (C=O) groups is 2. The zero-order chi connectivity index (χ0) is 24.9. The molecule has 0 spiro atoms. The number of esters is 2. The first-order chi connectivity index (χ1) is 17.6. The molecule has 1 fully saturated rings. The van der Waals surface area contributed by atoms with E-state index in [1.54, 1.807) is 22.9 Å². The summed E-state index contributed by atoms with van der Waals surface area (Å²) in [5.41, 5.74) is 1.75. The number of nitrogens with one attached hydrogen (secondary N) is 1. The maximum absolute atomic E-state index is 12.6. The third kappa shape index (κ3) is 5.26. The Hall–Kier alpha value is -4.50. The predicted molar refractivity (Wildman–Crippen MR) is 128 cm³/mol. The molecule has 182 valence electrons. The molecule has 3 aromatic rings. The highest BCUT2D eigenvalue weighted by atomic mass is 16.7.